The number of rotatable bonds is 11. The van der Waals surface area contributed by atoms with E-state index in [2.05, 4.69) is 10.6 Å². The molecule has 0 spiro atoms. The van der Waals surface area contributed by atoms with Gasteiger partial charge >= 0.3 is 0 Å². The zero-order chi connectivity index (χ0) is 22.6. The quantitative estimate of drug-likeness (QED) is 0.449. The van der Waals surface area contributed by atoms with E-state index in [0.29, 0.717) is 48.9 Å². The fraction of sp³-hybridized carbons (Fsp3) is 0.200. The molecule has 0 atom stereocenters. The third-order valence-electron chi connectivity index (χ3n) is 4.48. The Morgan fingerprint density at radius 1 is 0.750 bits per heavy atom. The van der Waals surface area contributed by atoms with Crippen molar-refractivity contribution in [3.63, 3.8) is 0 Å². The molecule has 0 heterocycles. The molecule has 0 saturated heterocycles. The van der Waals surface area contributed by atoms with Crippen LogP contribution in [-0.4, -0.2) is 45.3 Å². The summed E-state index contributed by atoms with van der Waals surface area (Å²) >= 11 is 0. The third-order valence-corrected chi connectivity index (χ3v) is 4.48. The summed E-state index contributed by atoms with van der Waals surface area (Å²) in [5.74, 6) is 0.729. The van der Waals surface area contributed by atoms with Crippen molar-refractivity contribution in [2.24, 2.45) is 0 Å². The third kappa shape index (κ3) is 6.85. The molecule has 0 aromatic heterocycles. The first-order valence-electron chi connectivity index (χ1n) is 10.3. The maximum atomic E-state index is 12.8. The zero-order valence-corrected chi connectivity index (χ0v) is 17.9. The molecular formula is C25H26N2O5. The molecule has 0 unspecified atom stereocenters. The summed E-state index contributed by atoms with van der Waals surface area (Å²) in [6.45, 7) is 1.53. The molecule has 0 fully saturated rings. The smallest absolute Gasteiger partial charge is 0.259 e. The Kier molecular flexibility index (Phi) is 8.65. The van der Waals surface area contributed by atoms with E-state index in [9.17, 15) is 9.59 Å². The summed E-state index contributed by atoms with van der Waals surface area (Å²) in [5, 5.41) is 5.58. The Balaban J connectivity index is 1.54. The largest absolute Gasteiger partial charge is 0.490 e. The van der Waals surface area contributed by atoms with Crippen LogP contribution in [0.1, 0.15) is 20.7 Å². The molecule has 0 aliphatic rings. The van der Waals surface area contributed by atoms with E-state index in [0.717, 1.165) is 5.75 Å². The minimum Gasteiger partial charge on any atom is -0.490 e. The highest BCUT2D eigenvalue weighted by Gasteiger charge is 2.13. The molecule has 0 bridgehead atoms. The van der Waals surface area contributed by atoms with Gasteiger partial charge < -0.3 is 24.8 Å². The number of para-hydroxylation sites is 2. The van der Waals surface area contributed by atoms with Crippen LogP contribution in [0, 0.1) is 0 Å². The van der Waals surface area contributed by atoms with Gasteiger partial charge in [0.2, 0.25) is 0 Å². The van der Waals surface area contributed by atoms with E-state index >= 15 is 0 Å². The average molecular weight is 434 g/mol. The van der Waals surface area contributed by atoms with Crippen molar-refractivity contribution >= 4 is 17.5 Å². The first kappa shape index (κ1) is 22.8. The Morgan fingerprint density at radius 2 is 1.44 bits per heavy atom. The minimum atomic E-state index is -0.304. The molecule has 3 aromatic rings. The molecule has 0 radical (unpaired) electrons. The summed E-state index contributed by atoms with van der Waals surface area (Å²) in [6, 6.07) is 23.1. The van der Waals surface area contributed by atoms with Crippen molar-refractivity contribution in [2.45, 2.75) is 0 Å². The van der Waals surface area contributed by atoms with Gasteiger partial charge in [0, 0.05) is 24.9 Å². The van der Waals surface area contributed by atoms with Crippen LogP contribution in [0.3, 0.4) is 0 Å². The lowest BCUT2D eigenvalue weighted by Gasteiger charge is -2.12. The highest BCUT2D eigenvalue weighted by Crippen LogP contribution is 2.20. The van der Waals surface area contributed by atoms with E-state index in [1.165, 1.54) is 0 Å². The fourth-order valence-corrected chi connectivity index (χ4v) is 2.88. The number of carbonyl (C=O) groups excluding carboxylic acids is 2. The Hall–Kier alpha value is -3.84. The van der Waals surface area contributed by atoms with Crippen LogP contribution in [0.2, 0.25) is 0 Å². The molecule has 7 heteroatoms. The molecule has 3 rings (SSSR count). The lowest BCUT2D eigenvalue weighted by atomic mass is 10.1. The van der Waals surface area contributed by atoms with Crippen molar-refractivity contribution in [3.8, 4) is 11.5 Å². The number of methoxy groups -OCH3 is 1. The van der Waals surface area contributed by atoms with Gasteiger partial charge in [-0.05, 0) is 48.5 Å². The summed E-state index contributed by atoms with van der Waals surface area (Å²) in [7, 11) is 1.57. The van der Waals surface area contributed by atoms with Gasteiger partial charge in [-0.2, -0.15) is 0 Å². The highest BCUT2D eigenvalue weighted by atomic mass is 16.5. The Labute approximate surface area is 187 Å². The molecular weight excluding hydrogens is 408 g/mol. The monoisotopic (exact) mass is 434 g/mol. The Morgan fingerprint density at radius 3 is 2.19 bits per heavy atom. The normalized spacial score (nSPS) is 10.3. The fourth-order valence-electron chi connectivity index (χ4n) is 2.88. The molecule has 0 aliphatic carbocycles. The van der Waals surface area contributed by atoms with Gasteiger partial charge in [-0.15, -0.1) is 0 Å². The second-order valence-electron chi connectivity index (χ2n) is 6.79. The number of anilines is 1. The maximum Gasteiger partial charge on any atom is 0.259 e. The molecule has 166 valence electrons. The molecule has 32 heavy (non-hydrogen) atoms. The molecule has 2 amide bonds. The van der Waals surface area contributed by atoms with Crippen LogP contribution in [0.15, 0.2) is 78.9 Å². The van der Waals surface area contributed by atoms with Crippen molar-refractivity contribution < 1.29 is 23.8 Å². The number of hydrogen-bond donors (Lipinski definition) is 2. The number of hydrogen-bond acceptors (Lipinski definition) is 5. The number of ether oxygens (including phenoxy) is 3. The zero-order valence-electron chi connectivity index (χ0n) is 17.9. The number of benzene rings is 3. The van der Waals surface area contributed by atoms with Crippen molar-refractivity contribution in [1.82, 2.24) is 5.32 Å². The SMILES string of the molecule is COCCNC(=O)c1ccc(NC(=O)c2ccccc2OCCOc2ccccc2)cc1. The average Bonchev–Trinajstić information content (AvgIpc) is 2.83. The van der Waals surface area contributed by atoms with Crippen molar-refractivity contribution in [1.29, 1.82) is 0 Å². The van der Waals surface area contributed by atoms with E-state index < -0.39 is 0 Å². The highest BCUT2D eigenvalue weighted by molar-refractivity contribution is 6.06. The molecule has 0 saturated carbocycles. The molecule has 2 N–H and O–H groups in total. The van der Waals surface area contributed by atoms with Gasteiger partial charge in [-0.3, -0.25) is 9.59 Å². The van der Waals surface area contributed by atoms with Crippen LogP contribution >= 0.6 is 0 Å². The molecule has 0 aliphatic heterocycles. The van der Waals surface area contributed by atoms with Gasteiger partial charge in [0.05, 0.1) is 12.2 Å². The second-order valence-corrected chi connectivity index (χ2v) is 6.79. The topological polar surface area (TPSA) is 85.9 Å². The summed E-state index contributed by atoms with van der Waals surface area (Å²) < 4.78 is 16.3. The second kappa shape index (κ2) is 12.1. The lowest BCUT2D eigenvalue weighted by molar-refractivity contribution is 0.0936. The van der Waals surface area contributed by atoms with Gasteiger partial charge in [0.25, 0.3) is 11.8 Å². The predicted molar refractivity (Wildman–Crippen MR) is 122 cm³/mol. The van der Waals surface area contributed by atoms with Crippen LogP contribution in [0.4, 0.5) is 5.69 Å². The van der Waals surface area contributed by atoms with Gasteiger partial charge in [0.1, 0.15) is 24.7 Å². The number of nitrogens with one attached hydrogen (secondary N) is 2. The van der Waals surface area contributed by atoms with Gasteiger partial charge in [-0.25, -0.2) is 0 Å². The van der Waals surface area contributed by atoms with Crippen LogP contribution in [-0.2, 0) is 4.74 Å². The minimum absolute atomic E-state index is 0.198. The van der Waals surface area contributed by atoms with Crippen LogP contribution in [0.25, 0.3) is 0 Å². The van der Waals surface area contributed by atoms with Gasteiger partial charge in [0.15, 0.2) is 0 Å². The van der Waals surface area contributed by atoms with Gasteiger partial charge in [-0.1, -0.05) is 30.3 Å². The van der Waals surface area contributed by atoms with Crippen LogP contribution < -0.4 is 20.1 Å². The maximum absolute atomic E-state index is 12.8. The number of carbonyl (C=O) groups is 2. The summed E-state index contributed by atoms with van der Waals surface area (Å²) in [4.78, 5) is 24.8. The van der Waals surface area contributed by atoms with E-state index in [1.807, 2.05) is 30.3 Å². The summed E-state index contributed by atoms with van der Waals surface area (Å²) in [6.07, 6.45) is 0. The van der Waals surface area contributed by atoms with E-state index in [-0.39, 0.29) is 11.8 Å². The van der Waals surface area contributed by atoms with E-state index in [4.69, 9.17) is 14.2 Å². The number of amides is 2. The van der Waals surface area contributed by atoms with E-state index in [1.54, 1.807) is 55.6 Å². The van der Waals surface area contributed by atoms with Crippen molar-refractivity contribution in [3.05, 3.63) is 90.0 Å². The Bertz CT molecular complexity index is 1010. The standard InChI is InChI=1S/C25H26N2O5/c1-30-16-15-26-24(28)19-11-13-20(14-12-19)27-25(29)22-9-5-6-10-23(22)32-18-17-31-21-7-3-2-4-8-21/h2-14H,15-18H2,1H3,(H,26,28)(H,27,29). The lowest BCUT2D eigenvalue weighted by Crippen LogP contribution is -2.26. The predicted octanol–water partition coefficient (Wildman–Crippen LogP) is 3.77. The first-order chi connectivity index (χ1) is 15.7. The molecule has 3 aromatic carbocycles. The van der Waals surface area contributed by atoms with Crippen LogP contribution in [0.5, 0.6) is 11.5 Å². The molecule has 7 nitrogen and oxygen atoms in total. The summed E-state index contributed by atoms with van der Waals surface area (Å²) in [5.41, 5.74) is 1.49. The first-order valence-corrected chi connectivity index (χ1v) is 10.3. The van der Waals surface area contributed by atoms with Crippen molar-refractivity contribution in [2.75, 3.05) is 38.8 Å².